The Hall–Kier alpha value is -3.54. The van der Waals surface area contributed by atoms with Crippen LogP contribution in [-0.2, 0) is 19.6 Å². The summed E-state index contributed by atoms with van der Waals surface area (Å²) in [5, 5.41) is 22.0. The van der Waals surface area contributed by atoms with Crippen LogP contribution in [0.1, 0.15) is 19.3 Å². The lowest BCUT2D eigenvalue weighted by Gasteiger charge is -2.23. The Morgan fingerprint density at radius 1 is 1.17 bits per heavy atom. The number of nitrogens with zero attached hydrogens (tertiary/aromatic N) is 3. The maximum atomic E-state index is 13.0. The molecular formula is C23H30N6O6S. The van der Waals surface area contributed by atoms with E-state index in [1.807, 2.05) is 18.2 Å². The smallest absolute Gasteiger partial charge is 0.271 e. The lowest BCUT2D eigenvalue weighted by molar-refractivity contribution is -0.152. The second-order valence-corrected chi connectivity index (χ2v) is 9.16. The SMILES string of the molecule is COCCN/C(=N/C#N)N(O)C(=O)[C@@H](CCCCN)NS(=O)(=O)c1ccc(Oc2ccccc2)cc1. The molecule has 36 heavy (non-hydrogen) atoms. The molecule has 12 nitrogen and oxygen atoms in total. The third-order valence-electron chi connectivity index (χ3n) is 4.81. The molecule has 0 heterocycles. The number of unbranched alkanes of at least 4 members (excludes halogenated alkanes) is 1. The van der Waals surface area contributed by atoms with Crippen molar-refractivity contribution < 1.29 is 27.9 Å². The summed E-state index contributed by atoms with van der Waals surface area (Å²) < 4.78 is 39.0. The Bertz CT molecular complexity index is 1140. The molecule has 1 atom stereocenters. The number of nitrogens with two attached hydrogens (primary N) is 1. The molecular weight excluding hydrogens is 488 g/mol. The van der Waals surface area contributed by atoms with Gasteiger partial charge in [0, 0.05) is 13.7 Å². The fourth-order valence-electron chi connectivity index (χ4n) is 3.02. The Kier molecular flexibility index (Phi) is 11.8. The van der Waals surface area contributed by atoms with Crippen LogP contribution < -0.4 is 20.5 Å². The van der Waals surface area contributed by atoms with Crippen molar-refractivity contribution in [1.82, 2.24) is 15.1 Å². The minimum absolute atomic E-state index is 0.0550. The number of methoxy groups -OCH3 is 1. The number of para-hydroxylation sites is 1. The van der Waals surface area contributed by atoms with E-state index in [4.69, 9.17) is 20.5 Å². The molecule has 0 aliphatic rings. The number of rotatable bonds is 13. The van der Waals surface area contributed by atoms with Crippen LogP contribution in [-0.4, -0.2) is 63.4 Å². The van der Waals surface area contributed by atoms with Crippen molar-refractivity contribution in [3.63, 3.8) is 0 Å². The average molecular weight is 519 g/mol. The third kappa shape index (κ3) is 8.91. The van der Waals surface area contributed by atoms with Gasteiger partial charge in [-0.25, -0.2) is 8.42 Å². The number of hydrogen-bond acceptors (Lipinski definition) is 9. The van der Waals surface area contributed by atoms with Gasteiger partial charge in [0.05, 0.1) is 11.5 Å². The van der Waals surface area contributed by atoms with E-state index in [0.29, 0.717) is 30.9 Å². The molecule has 0 aromatic heterocycles. The zero-order valence-corrected chi connectivity index (χ0v) is 20.6. The zero-order valence-electron chi connectivity index (χ0n) is 19.8. The Morgan fingerprint density at radius 3 is 2.44 bits per heavy atom. The fourth-order valence-corrected chi connectivity index (χ4v) is 4.24. The predicted octanol–water partition coefficient (Wildman–Crippen LogP) is 1.55. The second kappa shape index (κ2) is 14.8. The van der Waals surface area contributed by atoms with E-state index in [-0.39, 0.29) is 29.5 Å². The first kappa shape index (κ1) is 28.7. The number of hydroxylamine groups is 2. The minimum atomic E-state index is -4.16. The summed E-state index contributed by atoms with van der Waals surface area (Å²) in [6.07, 6.45) is 2.48. The van der Waals surface area contributed by atoms with Crippen LogP contribution in [0.5, 0.6) is 11.5 Å². The molecule has 2 aromatic rings. The van der Waals surface area contributed by atoms with Gasteiger partial charge in [-0.15, -0.1) is 4.99 Å². The highest BCUT2D eigenvalue weighted by molar-refractivity contribution is 7.89. The monoisotopic (exact) mass is 518 g/mol. The lowest BCUT2D eigenvalue weighted by atomic mass is 10.1. The summed E-state index contributed by atoms with van der Waals surface area (Å²) in [6.45, 7) is 0.699. The Morgan fingerprint density at radius 2 is 1.83 bits per heavy atom. The molecule has 194 valence electrons. The standard InChI is InChI=1S/C23H30N6O6S/c1-34-16-15-26-23(27-17-25)29(31)22(30)21(9-5-6-14-24)28-36(32,33)20-12-10-19(11-13-20)35-18-7-3-2-4-8-18/h2-4,7-8,10-13,21,28,31H,5-6,9,14-16,24H2,1H3,(H,26,27)/t21-/m1/s1. The Labute approximate surface area is 210 Å². The molecule has 2 rings (SSSR count). The van der Waals surface area contributed by atoms with Gasteiger partial charge in [-0.2, -0.15) is 15.0 Å². The molecule has 0 bridgehead atoms. The minimum Gasteiger partial charge on any atom is -0.457 e. The highest BCUT2D eigenvalue weighted by Gasteiger charge is 2.31. The Balaban J connectivity index is 2.19. The van der Waals surface area contributed by atoms with Crippen molar-refractivity contribution in [1.29, 1.82) is 5.26 Å². The van der Waals surface area contributed by atoms with Crippen LogP contribution in [0.4, 0.5) is 0 Å². The average Bonchev–Trinajstić information content (AvgIpc) is 2.88. The van der Waals surface area contributed by atoms with Gasteiger partial charge in [-0.3, -0.25) is 10.0 Å². The topological polar surface area (TPSA) is 179 Å². The van der Waals surface area contributed by atoms with E-state index < -0.39 is 27.9 Å². The van der Waals surface area contributed by atoms with E-state index in [0.717, 1.165) is 0 Å². The summed E-state index contributed by atoms with van der Waals surface area (Å²) in [6, 6.07) is 13.3. The van der Waals surface area contributed by atoms with Gasteiger partial charge in [0.25, 0.3) is 5.91 Å². The first-order valence-electron chi connectivity index (χ1n) is 11.1. The van der Waals surface area contributed by atoms with Gasteiger partial charge in [0.15, 0.2) is 0 Å². The number of guanidine groups is 1. The van der Waals surface area contributed by atoms with Crippen molar-refractivity contribution in [3.8, 4) is 17.7 Å². The molecule has 0 radical (unpaired) electrons. The van der Waals surface area contributed by atoms with Crippen molar-refractivity contribution in [2.24, 2.45) is 10.7 Å². The van der Waals surface area contributed by atoms with E-state index in [1.54, 1.807) is 12.1 Å². The molecule has 0 aliphatic heterocycles. The van der Waals surface area contributed by atoms with Crippen LogP contribution >= 0.6 is 0 Å². The predicted molar refractivity (Wildman–Crippen MR) is 132 cm³/mol. The quantitative estimate of drug-likeness (QED) is 0.0764. The van der Waals surface area contributed by atoms with Gasteiger partial charge in [-0.1, -0.05) is 24.6 Å². The molecule has 0 spiro atoms. The molecule has 0 fully saturated rings. The van der Waals surface area contributed by atoms with Crippen LogP contribution in [0, 0.1) is 11.5 Å². The number of nitrogens with one attached hydrogen (secondary N) is 2. The summed E-state index contributed by atoms with van der Waals surface area (Å²) in [5.41, 5.74) is 5.52. The van der Waals surface area contributed by atoms with Crippen molar-refractivity contribution >= 4 is 21.9 Å². The van der Waals surface area contributed by atoms with Crippen LogP contribution in [0.2, 0.25) is 0 Å². The maximum Gasteiger partial charge on any atom is 0.271 e. The second-order valence-electron chi connectivity index (χ2n) is 7.45. The van der Waals surface area contributed by atoms with Crippen LogP contribution in [0.3, 0.4) is 0 Å². The molecule has 2 aromatic carbocycles. The molecule has 0 saturated carbocycles. The molecule has 1 amide bonds. The number of benzene rings is 2. The van der Waals surface area contributed by atoms with E-state index in [9.17, 15) is 18.4 Å². The maximum absolute atomic E-state index is 13.0. The number of nitriles is 1. The molecule has 13 heteroatoms. The van der Waals surface area contributed by atoms with Gasteiger partial charge < -0.3 is 20.5 Å². The van der Waals surface area contributed by atoms with Gasteiger partial charge in [0.2, 0.25) is 22.2 Å². The van der Waals surface area contributed by atoms with Gasteiger partial charge in [-0.05, 0) is 55.8 Å². The first-order chi connectivity index (χ1) is 17.3. The number of carbonyl (C=O) groups excluding carboxylic acids is 1. The summed E-state index contributed by atoms with van der Waals surface area (Å²) in [5.74, 6) is -0.450. The highest BCUT2D eigenvalue weighted by atomic mass is 32.2. The summed E-state index contributed by atoms with van der Waals surface area (Å²) in [4.78, 5) is 16.3. The van der Waals surface area contributed by atoms with E-state index in [2.05, 4.69) is 15.0 Å². The normalized spacial score (nSPS) is 12.4. The fraction of sp³-hybridized carbons (Fsp3) is 0.348. The van der Waals surface area contributed by atoms with Crippen molar-refractivity contribution in [2.45, 2.75) is 30.2 Å². The first-order valence-corrected chi connectivity index (χ1v) is 12.6. The third-order valence-corrected chi connectivity index (χ3v) is 6.30. The largest absolute Gasteiger partial charge is 0.457 e. The lowest BCUT2D eigenvalue weighted by Crippen LogP contribution is -2.52. The van der Waals surface area contributed by atoms with Gasteiger partial charge in [0.1, 0.15) is 17.5 Å². The van der Waals surface area contributed by atoms with Crippen molar-refractivity contribution in [3.05, 3.63) is 54.6 Å². The molecule has 0 aliphatic carbocycles. The number of carbonyl (C=O) groups is 1. The van der Waals surface area contributed by atoms with Gasteiger partial charge >= 0.3 is 0 Å². The number of sulfonamides is 1. The van der Waals surface area contributed by atoms with Crippen molar-refractivity contribution in [2.75, 3.05) is 26.8 Å². The summed E-state index contributed by atoms with van der Waals surface area (Å²) >= 11 is 0. The molecule has 0 saturated heterocycles. The molecule has 0 unspecified atom stereocenters. The number of aliphatic imine (C=N–C) groups is 1. The van der Waals surface area contributed by atoms with E-state index >= 15 is 0 Å². The number of ether oxygens (including phenoxy) is 2. The van der Waals surface area contributed by atoms with E-state index in [1.165, 1.54) is 37.6 Å². The zero-order chi connectivity index (χ0) is 26.4. The van der Waals surface area contributed by atoms with Crippen LogP contribution in [0.15, 0.2) is 64.5 Å². The van der Waals surface area contributed by atoms with Crippen LogP contribution in [0.25, 0.3) is 0 Å². The summed E-state index contributed by atoms with van der Waals surface area (Å²) in [7, 11) is -2.71. The highest BCUT2D eigenvalue weighted by Crippen LogP contribution is 2.23. The molecule has 5 N–H and O–H groups in total. The number of hydrogen-bond donors (Lipinski definition) is 4. The number of amides is 1.